The van der Waals surface area contributed by atoms with Crippen LogP contribution in [0.25, 0.3) is 0 Å². The van der Waals surface area contributed by atoms with Crippen molar-refractivity contribution in [3.8, 4) is 0 Å². The summed E-state index contributed by atoms with van der Waals surface area (Å²) in [5, 5.41) is 5.86. The van der Waals surface area contributed by atoms with E-state index < -0.39 is 0 Å². The molecule has 3 heterocycles. The molecule has 2 N–H and O–H groups in total. The average molecular weight is 343 g/mol. The van der Waals surface area contributed by atoms with E-state index in [2.05, 4.69) is 15.5 Å². The number of carbonyl (C=O) groups excluding carboxylic acids is 2. The Balaban J connectivity index is 1.44. The maximum absolute atomic E-state index is 14.8. The van der Waals surface area contributed by atoms with Gasteiger partial charge in [0.25, 0.3) is 0 Å². The van der Waals surface area contributed by atoms with Crippen LogP contribution >= 0.6 is 0 Å². The smallest absolute Gasteiger partial charge is 0.243 e. The molecule has 3 atom stereocenters. The van der Waals surface area contributed by atoms with Crippen molar-refractivity contribution in [3.05, 3.63) is 34.6 Å². The van der Waals surface area contributed by atoms with E-state index in [0.29, 0.717) is 43.7 Å². The van der Waals surface area contributed by atoms with Gasteiger partial charge in [0.2, 0.25) is 11.8 Å². The van der Waals surface area contributed by atoms with Gasteiger partial charge in [-0.2, -0.15) is 0 Å². The monoisotopic (exact) mass is 343 g/mol. The molecule has 3 fully saturated rings. The number of hydrogen-bond donors (Lipinski definition) is 2. The number of nitrogens with one attached hydrogen (secondary N) is 2. The summed E-state index contributed by atoms with van der Waals surface area (Å²) in [7, 11) is 0. The minimum Gasteiger partial charge on any atom is -0.316 e. The van der Waals surface area contributed by atoms with Crippen LogP contribution in [-0.4, -0.2) is 35.8 Å². The highest BCUT2D eigenvalue weighted by Gasteiger charge is 2.47. The van der Waals surface area contributed by atoms with E-state index in [0.717, 1.165) is 29.8 Å². The summed E-state index contributed by atoms with van der Waals surface area (Å²) >= 11 is 0. The Morgan fingerprint density at radius 3 is 2.64 bits per heavy atom. The normalized spacial score (nSPS) is 34.4. The molecule has 5 rings (SSSR count). The number of piperidine rings is 3. The fraction of sp³-hybridized carbons (Fsp3) is 0.579. The van der Waals surface area contributed by atoms with Crippen molar-refractivity contribution in [2.45, 2.75) is 44.3 Å². The van der Waals surface area contributed by atoms with Gasteiger partial charge in [0.1, 0.15) is 5.82 Å². The fourth-order valence-corrected chi connectivity index (χ4v) is 5.32. The van der Waals surface area contributed by atoms with Crippen LogP contribution < -0.4 is 10.6 Å². The van der Waals surface area contributed by atoms with Crippen LogP contribution in [0.2, 0.25) is 0 Å². The van der Waals surface area contributed by atoms with Gasteiger partial charge in [0, 0.05) is 19.5 Å². The second-order valence-corrected chi connectivity index (χ2v) is 7.91. The number of amides is 2. The van der Waals surface area contributed by atoms with E-state index in [9.17, 15) is 14.0 Å². The highest BCUT2D eigenvalue weighted by Crippen LogP contribution is 2.52. The molecule has 0 radical (unpaired) electrons. The lowest BCUT2D eigenvalue weighted by molar-refractivity contribution is -0.137. The zero-order valence-corrected chi connectivity index (χ0v) is 14.1. The van der Waals surface area contributed by atoms with Crippen LogP contribution in [-0.2, 0) is 22.7 Å². The summed E-state index contributed by atoms with van der Waals surface area (Å²) < 4.78 is 14.8. The van der Waals surface area contributed by atoms with Crippen LogP contribution in [0, 0.1) is 17.7 Å². The number of halogens is 1. The molecule has 1 saturated carbocycles. The molecule has 2 amide bonds. The molecule has 3 unspecified atom stereocenters. The molecule has 6 heteroatoms. The predicted octanol–water partition coefficient (Wildman–Crippen LogP) is 1.27. The second-order valence-electron chi connectivity index (χ2n) is 7.91. The van der Waals surface area contributed by atoms with Crippen molar-refractivity contribution >= 4 is 11.8 Å². The van der Waals surface area contributed by atoms with Gasteiger partial charge in [-0.25, -0.2) is 4.39 Å². The Bertz CT molecular complexity index is 751. The van der Waals surface area contributed by atoms with E-state index in [4.69, 9.17) is 0 Å². The van der Waals surface area contributed by atoms with E-state index in [-0.39, 0.29) is 23.7 Å². The van der Waals surface area contributed by atoms with Gasteiger partial charge in [0.05, 0.1) is 6.04 Å². The fourth-order valence-electron chi connectivity index (χ4n) is 5.32. The number of rotatable bonds is 2. The van der Waals surface area contributed by atoms with Crippen molar-refractivity contribution in [2.24, 2.45) is 11.8 Å². The van der Waals surface area contributed by atoms with E-state index >= 15 is 0 Å². The lowest BCUT2D eigenvalue weighted by Gasteiger charge is -2.50. The molecule has 2 bridgehead atoms. The minimum absolute atomic E-state index is 0.0922. The summed E-state index contributed by atoms with van der Waals surface area (Å²) in [6.07, 6.45) is 2.12. The molecule has 132 valence electrons. The SMILES string of the molecule is O=C1CCC(N2Cc3ccc(F)c(C4C5CNCC4C5)c3C2)C(=O)N1. The second kappa shape index (κ2) is 5.61. The van der Waals surface area contributed by atoms with Gasteiger partial charge in [0.15, 0.2) is 0 Å². The van der Waals surface area contributed by atoms with Crippen molar-refractivity contribution in [1.29, 1.82) is 0 Å². The van der Waals surface area contributed by atoms with Gasteiger partial charge in [-0.15, -0.1) is 0 Å². The third-order valence-corrected chi connectivity index (χ3v) is 6.55. The van der Waals surface area contributed by atoms with Crippen molar-refractivity contribution in [2.75, 3.05) is 13.1 Å². The third kappa shape index (κ3) is 2.34. The Hall–Kier alpha value is -1.79. The maximum atomic E-state index is 14.8. The summed E-state index contributed by atoms with van der Waals surface area (Å²) in [6.45, 7) is 3.22. The lowest BCUT2D eigenvalue weighted by Crippen LogP contribution is -2.52. The van der Waals surface area contributed by atoms with Crippen LogP contribution in [0.5, 0.6) is 0 Å². The first-order valence-electron chi connectivity index (χ1n) is 9.20. The summed E-state index contributed by atoms with van der Waals surface area (Å²) in [5.74, 6) is 0.882. The zero-order chi connectivity index (χ0) is 17.1. The van der Waals surface area contributed by atoms with Crippen LogP contribution in [0.1, 0.15) is 41.9 Å². The summed E-state index contributed by atoms with van der Waals surface area (Å²) in [5.41, 5.74) is 3.13. The van der Waals surface area contributed by atoms with Crippen LogP contribution in [0.3, 0.4) is 0 Å². The largest absolute Gasteiger partial charge is 0.316 e. The molecule has 0 aromatic heterocycles. The first-order valence-corrected chi connectivity index (χ1v) is 9.20. The maximum Gasteiger partial charge on any atom is 0.243 e. The number of benzene rings is 1. The molecule has 1 aliphatic carbocycles. The molecule has 25 heavy (non-hydrogen) atoms. The number of carbonyl (C=O) groups is 2. The standard InChI is InChI=1S/C19H22FN3O2/c20-14-2-1-10-8-23(15-3-4-16(24)22-19(15)25)9-13(10)18(14)17-11-5-12(17)7-21-6-11/h1-2,11-12,15,17,21H,3-9H2,(H,22,24,25). The number of hydrogen-bond acceptors (Lipinski definition) is 4. The molecule has 4 aliphatic rings. The Morgan fingerprint density at radius 2 is 1.92 bits per heavy atom. The van der Waals surface area contributed by atoms with Crippen molar-refractivity contribution in [3.63, 3.8) is 0 Å². The lowest BCUT2D eigenvalue weighted by atomic mass is 9.59. The molecule has 0 spiro atoms. The van der Waals surface area contributed by atoms with Crippen LogP contribution in [0.15, 0.2) is 12.1 Å². The first-order chi connectivity index (χ1) is 12.1. The van der Waals surface area contributed by atoms with Gasteiger partial charge >= 0.3 is 0 Å². The molecule has 1 aromatic carbocycles. The Labute approximate surface area is 146 Å². The molecular formula is C19H22FN3O2. The number of fused-ring (bicyclic) bond motifs is 3. The Morgan fingerprint density at radius 1 is 1.12 bits per heavy atom. The van der Waals surface area contributed by atoms with Crippen molar-refractivity contribution in [1.82, 2.24) is 15.5 Å². The average Bonchev–Trinajstić information content (AvgIpc) is 3.02. The highest BCUT2D eigenvalue weighted by atomic mass is 19.1. The highest BCUT2D eigenvalue weighted by molar-refractivity contribution is 6.00. The summed E-state index contributed by atoms with van der Waals surface area (Å²) in [4.78, 5) is 25.7. The third-order valence-electron chi connectivity index (χ3n) is 6.55. The minimum atomic E-state index is -0.288. The quantitative estimate of drug-likeness (QED) is 0.794. The first kappa shape index (κ1) is 15.5. The summed E-state index contributed by atoms with van der Waals surface area (Å²) in [6, 6.07) is 3.18. The van der Waals surface area contributed by atoms with E-state index in [1.54, 1.807) is 6.07 Å². The topological polar surface area (TPSA) is 61.4 Å². The van der Waals surface area contributed by atoms with Crippen molar-refractivity contribution < 1.29 is 14.0 Å². The molecule has 1 aromatic rings. The molecular weight excluding hydrogens is 321 g/mol. The van der Waals surface area contributed by atoms with Gasteiger partial charge in [-0.1, -0.05) is 6.07 Å². The van der Waals surface area contributed by atoms with Gasteiger partial charge < -0.3 is 5.32 Å². The zero-order valence-electron chi connectivity index (χ0n) is 14.1. The van der Waals surface area contributed by atoms with Gasteiger partial charge in [-0.05, 0) is 66.4 Å². The van der Waals surface area contributed by atoms with Gasteiger partial charge in [-0.3, -0.25) is 19.8 Å². The Kier molecular flexibility index (Phi) is 3.47. The van der Waals surface area contributed by atoms with E-state index in [1.165, 1.54) is 6.42 Å². The van der Waals surface area contributed by atoms with Crippen LogP contribution in [0.4, 0.5) is 4.39 Å². The van der Waals surface area contributed by atoms with E-state index in [1.807, 2.05) is 6.07 Å². The number of nitrogens with zero attached hydrogens (tertiary/aromatic N) is 1. The molecule has 3 aliphatic heterocycles. The predicted molar refractivity (Wildman–Crippen MR) is 89.0 cm³/mol. The number of imide groups is 1. The molecule has 5 nitrogen and oxygen atoms in total. The molecule has 2 saturated heterocycles.